The molecule has 4 aromatic rings. The first-order chi connectivity index (χ1) is 22.3. The molecular formula is C35H35N3O7S. The van der Waals surface area contributed by atoms with Crippen LogP contribution in [0.5, 0.6) is 23.0 Å². The molecule has 0 spiro atoms. The summed E-state index contributed by atoms with van der Waals surface area (Å²) in [5.41, 5.74) is 1.84. The SMILES string of the molecule is COc1cc(OC)c(OC)cc1/C=C(/NC(=O)c1ccccc1)C(=O)Nc1cccc(SC(C)C(=O)Nc2ccccc2OC)c1. The van der Waals surface area contributed by atoms with Gasteiger partial charge in [0, 0.05) is 27.8 Å². The molecule has 0 saturated heterocycles. The lowest BCUT2D eigenvalue weighted by Crippen LogP contribution is -2.30. The van der Waals surface area contributed by atoms with Crippen LogP contribution in [-0.4, -0.2) is 51.4 Å². The fourth-order valence-electron chi connectivity index (χ4n) is 4.35. The van der Waals surface area contributed by atoms with Gasteiger partial charge in [-0.25, -0.2) is 0 Å². The summed E-state index contributed by atoms with van der Waals surface area (Å²) in [5.74, 6) is 0.558. The van der Waals surface area contributed by atoms with Gasteiger partial charge < -0.3 is 34.9 Å². The number of methoxy groups -OCH3 is 4. The van der Waals surface area contributed by atoms with Gasteiger partial charge in [-0.3, -0.25) is 14.4 Å². The highest BCUT2D eigenvalue weighted by Crippen LogP contribution is 2.36. The van der Waals surface area contributed by atoms with Crippen LogP contribution in [0.4, 0.5) is 11.4 Å². The van der Waals surface area contributed by atoms with Crippen molar-refractivity contribution in [2.45, 2.75) is 17.1 Å². The fourth-order valence-corrected chi connectivity index (χ4v) is 5.28. The predicted molar refractivity (Wildman–Crippen MR) is 180 cm³/mol. The summed E-state index contributed by atoms with van der Waals surface area (Å²) >= 11 is 1.33. The molecule has 0 heterocycles. The smallest absolute Gasteiger partial charge is 0.272 e. The third-order valence-corrected chi connectivity index (χ3v) is 7.80. The van der Waals surface area contributed by atoms with Crippen molar-refractivity contribution >= 4 is 46.9 Å². The van der Waals surface area contributed by atoms with Crippen molar-refractivity contribution in [1.82, 2.24) is 5.32 Å². The largest absolute Gasteiger partial charge is 0.496 e. The molecular weight excluding hydrogens is 606 g/mol. The predicted octanol–water partition coefficient (Wildman–Crippen LogP) is 6.25. The molecule has 0 fully saturated rings. The minimum Gasteiger partial charge on any atom is -0.496 e. The number of ether oxygens (including phenoxy) is 4. The maximum absolute atomic E-state index is 13.7. The summed E-state index contributed by atoms with van der Waals surface area (Å²) in [4.78, 5) is 40.5. The Hall–Kier alpha value is -5.42. The quantitative estimate of drug-likeness (QED) is 0.116. The van der Waals surface area contributed by atoms with Gasteiger partial charge in [0.1, 0.15) is 17.2 Å². The van der Waals surface area contributed by atoms with Crippen LogP contribution in [-0.2, 0) is 9.59 Å². The van der Waals surface area contributed by atoms with Crippen molar-refractivity contribution < 1.29 is 33.3 Å². The molecule has 0 saturated carbocycles. The highest BCUT2D eigenvalue weighted by molar-refractivity contribution is 8.00. The number of para-hydroxylation sites is 2. The first-order valence-corrected chi connectivity index (χ1v) is 15.0. The molecule has 0 aliphatic carbocycles. The second-order valence-electron chi connectivity index (χ2n) is 9.76. The van der Waals surface area contributed by atoms with Gasteiger partial charge in [-0.2, -0.15) is 0 Å². The van der Waals surface area contributed by atoms with Gasteiger partial charge in [0.15, 0.2) is 11.5 Å². The Morgan fingerprint density at radius 1 is 0.696 bits per heavy atom. The average Bonchev–Trinajstić information content (AvgIpc) is 3.08. The van der Waals surface area contributed by atoms with Crippen LogP contribution < -0.4 is 34.9 Å². The van der Waals surface area contributed by atoms with E-state index in [0.29, 0.717) is 45.5 Å². The Kier molecular flexibility index (Phi) is 11.7. The maximum Gasteiger partial charge on any atom is 0.272 e. The third kappa shape index (κ3) is 8.60. The Bertz CT molecular complexity index is 1730. The number of anilines is 2. The van der Waals surface area contributed by atoms with Gasteiger partial charge >= 0.3 is 0 Å². The molecule has 1 atom stereocenters. The zero-order valence-electron chi connectivity index (χ0n) is 26.1. The van der Waals surface area contributed by atoms with Crippen molar-refractivity contribution in [3.8, 4) is 23.0 Å². The lowest BCUT2D eigenvalue weighted by Gasteiger charge is -2.16. The van der Waals surface area contributed by atoms with Crippen molar-refractivity contribution in [1.29, 1.82) is 0 Å². The topological polar surface area (TPSA) is 124 Å². The zero-order valence-corrected chi connectivity index (χ0v) is 26.9. The molecule has 0 aliphatic heterocycles. The minimum absolute atomic E-state index is 0.0398. The molecule has 0 aliphatic rings. The molecule has 3 N–H and O–H groups in total. The third-order valence-electron chi connectivity index (χ3n) is 6.70. The summed E-state index contributed by atoms with van der Waals surface area (Å²) in [6.07, 6.45) is 1.50. The normalized spacial score (nSPS) is 11.5. The van der Waals surface area contributed by atoms with Crippen molar-refractivity contribution in [3.05, 3.63) is 108 Å². The molecule has 0 radical (unpaired) electrons. The van der Waals surface area contributed by atoms with Crippen LogP contribution in [0.15, 0.2) is 102 Å². The number of carbonyl (C=O) groups is 3. The molecule has 4 aromatic carbocycles. The number of thioether (sulfide) groups is 1. The molecule has 0 bridgehead atoms. The lowest BCUT2D eigenvalue weighted by atomic mass is 10.1. The van der Waals surface area contributed by atoms with Crippen LogP contribution in [0.25, 0.3) is 6.08 Å². The Morgan fingerprint density at radius 2 is 1.35 bits per heavy atom. The highest BCUT2D eigenvalue weighted by Gasteiger charge is 2.20. The molecule has 46 heavy (non-hydrogen) atoms. The minimum atomic E-state index is -0.578. The number of amides is 3. The Labute approximate surface area is 272 Å². The van der Waals surface area contributed by atoms with Crippen LogP contribution in [0, 0.1) is 0 Å². The van der Waals surface area contributed by atoms with E-state index in [-0.39, 0.29) is 11.6 Å². The lowest BCUT2D eigenvalue weighted by molar-refractivity contribution is -0.115. The van der Waals surface area contributed by atoms with E-state index in [0.717, 1.165) is 4.90 Å². The Balaban J connectivity index is 1.57. The van der Waals surface area contributed by atoms with Crippen LogP contribution >= 0.6 is 11.8 Å². The molecule has 4 rings (SSSR count). The van der Waals surface area contributed by atoms with Crippen LogP contribution in [0.3, 0.4) is 0 Å². The molecule has 1 unspecified atom stereocenters. The molecule has 0 aromatic heterocycles. The fraction of sp³-hybridized carbons (Fsp3) is 0.171. The highest BCUT2D eigenvalue weighted by atomic mass is 32.2. The van der Waals surface area contributed by atoms with Crippen molar-refractivity contribution in [2.75, 3.05) is 39.1 Å². The van der Waals surface area contributed by atoms with Crippen LogP contribution in [0.1, 0.15) is 22.8 Å². The van der Waals surface area contributed by atoms with Gasteiger partial charge in [0.2, 0.25) is 5.91 Å². The van der Waals surface area contributed by atoms with Gasteiger partial charge in [0.25, 0.3) is 11.8 Å². The monoisotopic (exact) mass is 641 g/mol. The van der Waals surface area contributed by atoms with E-state index < -0.39 is 17.1 Å². The van der Waals surface area contributed by atoms with E-state index in [9.17, 15) is 14.4 Å². The number of carbonyl (C=O) groups excluding carboxylic acids is 3. The van der Waals surface area contributed by atoms with E-state index in [4.69, 9.17) is 18.9 Å². The first kappa shape index (κ1) is 33.5. The Morgan fingerprint density at radius 3 is 2.04 bits per heavy atom. The second kappa shape index (κ2) is 16.1. The molecule has 3 amide bonds. The summed E-state index contributed by atoms with van der Waals surface area (Å²) < 4.78 is 21.7. The number of rotatable bonds is 13. The van der Waals surface area contributed by atoms with Crippen molar-refractivity contribution in [3.63, 3.8) is 0 Å². The standard InChI is InChI=1S/C35H35N3O7S/c1-22(33(39)37-27-16-9-10-17-29(27)42-2)46-26-15-11-14-25(20-26)36-35(41)28(38-34(40)23-12-7-6-8-13-23)18-24-19-31(44-4)32(45-5)21-30(24)43-3/h6-22H,1-5H3,(H,36,41)(H,37,39)(H,38,40)/b28-18+. The van der Waals surface area contributed by atoms with E-state index >= 15 is 0 Å². The van der Waals surface area contributed by atoms with Crippen molar-refractivity contribution in [2.24, 2.45) is 0 Å². The summed E-state index contributed by atoms with van der Waals surface area (Å²) in [7, 11) is 6.03. The average molecular weight is 642 g/mol. The van der Waals surface area contributed by atoms with Gasteiger partial charge in [-0.05, 0) is 61.5 Å². The van der Waals surface area contributed by atoms with Gasteiger partial charge in [-0.1, -0.05) is 36.4 Å². The van der Waals surface area contributed by atoms with E-state index in [1.54, 1.807) is 86.8 Å². The van der Waals surface area contributed by atoms with E-state index in [1.165, 1.54) is 39.2 Å². The van der Waals surface area contributed by atoms with Gasteiger partial charge in [0.05, 0.1) is 39.4 Å². The van der Waals surface area contributed by atoms with Crippen LogP contribution in [0.2, 0.25) is 0 Å². The summed E-state index contributed by atoms with van der Waals surface area (Å²) in [6, 6.07) is 26.1. The summed E-state index contributed by atoms with van der Waals surface area (Å²) in [6.45, 7) is 1.79. The molecule has 238 valence electrons. The van der Waals surface area contributed by atoms with E-state index in [1.807, 2.05) is 18.2 Å². The number of hydrogen-bond donors (Lipinski definition) is 3. The second-order valence-corrected chi connectivity index (χ2v) is 11.2. The number of nitrogens with one attached hydrogen (secondary N) is 3. The maximum atomic E-state index is 13.7. The molecule has 10 nitrogen and oxygen atoms in total. The van der Waals surface area contributed by atoms with E-state index in [2.05, 4.69) is 16.0 Å². The zero-order chi connectivity index (χ0) is 33.1. The summed E-state index contributed by atoms with van der Waals surface area (Å²) in [5, 5.41) is 8.01. The number of benzene rings is 4. The number of hydrogen-bond acceptors (Lipinski definition) is 8. The molecule has 11 heteroatoms. The first-order valence-electron chi connectivity index (χ1n) is 14.2. The van der Waals surface area contributed by atoms with Gasteiger partial charge in [-0.15, -0.1) is 11.8 Å².